The molecule has 35 heavy (non-hydrogen) atoms. The highest BCUT2D eigenvalue weighted by molar-refractivity contribution is 5.82. The number of nitrogens with zero attached hydrogens (tertiary/aromatic N) is 1. The van der Waals surface area contributed by atoms with Crippen LogP contribution in [0.25, 0.3) is 0 Å². The van der Waals surface area contributed by atoms with Crippen LogP contribution in [0.1, 0.15) is 90.5 Å². The Balaban J connectivity index is 1.48. The highest BCUT2D eigenvalue weighted by atomic mass is 16.6. The second-order valence-electron chi connectivity index (χ2n) is 11.5. The minimum Gasteiger partial charge on any atom is -0.444 e. The first-order valence-corrected chi connectivity index (χ1v) is 13.9. The number of ether oxygens (including phenoxy) is 1. The number of carbonyl (C=O) groups excluding carboxylic acids is 2. The van der Waals surface area contributed by atoms with Crippen LogP contribution >= 0.6 is 0 Å². The van der Waals surface area contributed by atoms with Gasteiger partial charge in [0.1, 0.15) is 5.60 Å². The van der Waals surface area contributed by atoms with Crippen LogP contribution in [0.2, 0.25) is 0 Å². The number of nitrogens with one attached hydrogen (secondary N) is 2. The number of likely N-dealkylation sites (tertiary alicyclic amines) is 1. The van der Waals surface area contributed by atoms with E-state index in [4.69, 9.17) is 4.74 Å². The summed E-state index contributed by atoms with van der Waals surface area (Å²) in [5.74, 6) is 0.777. The van der Waals surface area contributed by atoms with E-state index < -0.39 is 5.60 Å². The Morgan fingerprint density at radius 3 is 2.49 bits per heavy atom. The standard InChI is InChI=1S/C29H47N3O3/c1-29(2,3)35-28(34)31-25(21-24-16-8-5-9-17-24)22-32-20-12-18-26(32)27(33)30-19-11-10-15-23-13-6-4-7-14-23/h4,6-7,13-14,24-26H,5,8-12,15-22H2,1-3H3,(H,30,33)(H,31,34)/t25-,26-/m0/s1. The number of hydrogen-bond acceptors (Lipinski definition) is 4. The van der Waals surface area contributed by atoms with Gasteiger partial charge < -0.3 is 15.4 Å². The number of aryl methyl sites for hydroxylation is 1. The predicted molar refractivity (Wildman–Crippen MR) is 141 cm³/mol. The molecule has 1 saturated heterocycles. The fourth-order valence-electron chi connectivity index (χ4n) is 5.53. The van der Waals surface area contributed by atoms with E-state index in [1.165, 1.54) is 37.7 Å². The lowest BCUT2D eigenvalue weighted by molar-refractivity contribution is -0.125. The first-order chi connectivity index (χ1) is 16.8. The summed E-state index contributed by atoms with van der Waals surface area (Å²) in [5.41, 5.74) is 0.832. The quantitative estimate of drug-likeness (QED) is 0.409. The summed E-state index contributed by atoms with van der Waals surface area (Å²) in [5, 5.41) is 6.32. The molecule has 0 unspecified atom stereocenters. The third-order valence-electron chi connectivity index (χ3n) is 7.22. The van der Waals surface area contributed by atoms with Gasteiger partial charge in [-0.15, -0.1) is 0 Å². The van der Waals surface area contributed by atoms with Crippen molar-refractivity contribution in [3.63, 3.8) is 0 Å². The molecule has 1 aromatic rings. The van der Waals surface area contributed by atoms with Crippen LogP contribution in [0.5, 0.6) is 0 Å². The minimum atomic E-state index is -0.518. The van der Waals surface area contributed by atoms with E-state index >= 15 is 0 Å². The number of rotatable bonds is 11. The predicted octanol–water partition coefficient (Wildman–Crippen LogP) is 5.45. The second-order valence-corrected chi connectivity index (χ2v) is 11.5. The van der Waals surface area contributed by atoms with Gasteiger partial charge in [0.15, 0.2) is 0 Å². The molecule has 1 heterocycles. The van der Waals surface area contributed by atoms with Crippen LogP contribution in [-0.4, -0.2) is 54.2 Å². The smallest absolute Gasteiger partial charge is 0.407 e. The summed E-state index contributed by atoms with van der Waals surface area (Å²) in [4.78, 5) is 27.9. The summed E-state index contributed by atoms with van der Waals surface area (Å²) >= 11 is 0. The topological polar surface area (TPSA) is 70.7 Å². The highest BCUT2D eigenvalue weighted by Crippen LogP contribution is 2.28. The van der Waals surface area contributed by atoms with Crippen molar-refractivity contribution in [2.75, 3.05) is 19.6 Å². The van der Waals surface area contributed by atoms with Crippen LogP contribution in [0.4, 0.5) is 4.79 Å². The molecule has 3 rings (SSSR count). The maximum Gasteiger partial charge on any atom is 0.407 e. The molecule has 1 aliphatic heterocycles. The van der Waals surface area contributed by atoms with Gasteiger partial charge >= 0.3 is 6.09 Å². The molecule has 0 radical (unpaired) electrons. The zero-order valence-electron chi connectivity index (χ0n) is 22.2. The fourth-order valence-corrected chi connectivity index (χ4v) is 5.53. The third kappa shape index (κ3) is 10.2. The van der Waals surface area contributed by atoms with Gasteiger partial charge in [0, 0.05) is 19.1 Å². The average molecular weight is 486 g/mol. The van der Waals surface area contributed by atoms with Crippen molar-refractivity contribution in [1.29, 1.82) is 0 Å². The van der Waals surface area contributed by atoms with E-state index in [-0.39, 0.29) is 24.1 Å². The molecule has 6 nitrogen and oxygen atoms in total. The second kappa shape index (κ2) is 13.9. The number of unbranched alkanes of at least 4 members (excludes halogenated alkanes) is 1. The van der Waals surface area contributed by atoms with Crippen LogP contribution < -0.4 is 10.6 Å². The fraction of sp³-hybridized carbons (Fsp3) is 0.724. The lowest BCUT2D eigenvalue weighted by Crippen LogP contribution is -2.51. The van der Waals surface area contributed by atoms with Gasteiger partial charge in [0.25, 0.3) is 0 Å². The van der Waals surface area contributed by atoms with Crippen LogP contribution in [0.3, 0.4) is 0 Å². The molecular formula is C29H47N3O3. The minimum absolute atomic E-state index is 0.00669. The zero-order chi connectivity index (χ0) is 25.1. The lowest BCUT2D eigenvalue weighted by Gasteiger charge is -2.32. The van der Waals surface area contributed by atoms with Crippen molar-refractivity contribution in [3.8, 4) is 0 Å². The number of alkyl carbamates (subject to hydrolysis) is 1. The lowest BCUT2D eigenvalue weighted by atomic mass is 9.84. The molecule has 2 aliphatic rings. The Hall–Kier alpha value is -2.08. The zero-order valence-corrected chi connectivity index (χ0v) is 22.2. The van der Waals surface area contributed by atoms with Crippen molar-refractivity contribution < 1.29 is 14.3 Å². The molecule has 1 aromatic carbocycles. The monoisotopic (exact) mass is 485 g/mol. The first kappa shape index (κ1) is 27.5. The molecule has 1 aliphatic carbocycles. The number of hydrogen-bond donors (Lipinski definition) is 2. The summed E-state index contributed by atoms with van der Waals surface area (Å²) in [6, 6.07) is 10.4. The molecule has 2 atom stereocenters. The Morgan fingerprint density at radius 2 is 1.77 bits per heavy atom. The molecule has 0 spiro atoms. The molecule has 2 N–H and O–H groups in total. The number of benzene rings is 1. The summed E-state index contributed by atoms with van der Waals surface area (Å²) < 4.78 is 5.56. The van der Waals surface area contributed by atoms with Crippen molar-refractivity contribution in [2.45, 2.75) is 109 Å². The Morgan fingerprint density at radius 1 is 1.03 bits per heavy atom. The molecule has 2 fully saturated rings. The molecule has 0 aromatic heterocycles. The molecule has 1 saturated carbocycles. The van der Waals surface area contributed by atoms with Gasteiger partial charge in [-0.25, -0.2) is 4.79 Å². The van der Waals surface area contributed by atoms with Crippen molar-refractivity contribution in [3.05, 3.63) is 35.9 Å². The van der Waals surface area contributed by atoms with E-state index in [1.54, 1.807) is 0 Å². The summed E-state index contributed by atoms with van der Waals surface area (Å²) in [7, 11) is 0. The van der Waals surface area contributed by atoms with Gasteiger partial charge in [0.05, 0.1) is 6.04 Å². The maximum absolute atomic E-state index is 13.0. The van der Waals surface area contributed by atoms with Crippen LogP contribution in [0.15, 0.2) is 30.3 Å². The van der Waals surface area contributed by atoms with Crippen molar-refractivity contribution >= 4 is 12.0 Å². The number of carbonyl (C=O) groups is 2. The maximum atomic E-state index is 13.0. The first-order valence-electron chi connectivity index (χ1n) is 13.9. The molecule has 6 heteroatoms. The van der Waals surface area contributed by atoms with E-state index in [9.17, 15) is 9.59 Å². The van der Waals surface area contributed by atoms with Crippen molar-refractivity contribution in [2.24, 2.45) is 5.92 Å². The summed E-state index contributed by atoms with van der Waals surface area (Å²) in [6.45, 7) is 8.01. The molecular weight excluding hydrogens is 438 g/mol. The Bertz CT molecular complexity index is 771. The SMILES string of the molecule is CC(C)(C)OC(=O)N[C@@H](CC1CCCCC1)CN1CCC[C@H]1C(=O)NCCCCc1ccccc1. The van der Waals surface area contributed by atoms with Crippen LogP contribution in [-0.2, 0) is 16.0 Å². The van der Waals surface area contributed by atoms with E-state index in [1.807, 2.05) is 26.8 Å². The molecule has 0 bridgehead atoms. The average Bonchev–Trinajstić information content (AvgIpc) is 3.27. The van der Waals surface area contributed by atoms with E-state index in [0.717, 1.165) is 51.6 Å². The summed E-state index contributed by atoms with van der Waals surface area (Å²) in [6.07, 6.45) is 12.0. The number of amides is 2. The highest BCUT2D eigenvalue weighted by Gasteiger charge is 2.33. The van der Waals surface area contributed by atoms with Crippen molar-refractivity contribution in [1.82, 2.24) is 15.5 Å². The van der Waals surface area contributed by atoms with Gasteiger partial charge in [-0.1, -0.05) is 62.4 Å². The Kier molecular flexibility index (Phi) is 10.9. The normalized spacial score (nSPS) is 20.4. The van der Waals surface area contributed by atoms with Gasteiger partial charge in [0.2, 0.25) is 5.91 Å². The van der Waals surface area contributed by atoms with E-state index in [2.05, 4.69) is 39.8 Å². The molecule has 196 valence electrons. The van der Waals surface area contributed by atoms with Crippen LogP contribution in [0, 0.1) is 5.92 Å². The third-order valence-corrected chi connectivity index (χ3v) is 7.22. The van der Waals surface area contributed by atoms with Gasteiger partial charge in [-0.2, -0.15) is 0 Å². The van der Waals surface area contributed by atoms with Gasteiger partial charge in [-0.3, -0.25) is 9.69 Å². The Labute approximate surface area is 212 Å². The largest absolute Gasteiger partial charge is 0.444 e. The van der Waals surface area contributed by atoms with E-state index in [0.29, 0.717) is 12.5 Å². The molecule has 2 amide bonds. The van der Waals surface area contributed by atoms with Gasteiger partial charge in [-0.05, 0) is 77.3 Å².